The third kappa shape index (κ3) is 3.10. The minimum Gasteiger partial charge on any atom is -0.457 e. The van der Waals surface area contributed by atoms with Gasteiger partial charge >= 0.3 is 0 Å². The quantitative estimate of drug-likeness (QED) is 0.390. The van der Waals surface area contributed by atoms with E-state index in [0.717, 1.165) is 34.0 Å². The lowest BCUT2D eigenvalue weighted by Crippen LogP contribution is -2.53. The van der Waals surface area contributed by atoms with Crippen LogP contribution in [-0.4, -0.2) is 16.6 Å². The number of anilines is 1. The molecule has 3 aromatic carbocycles. The first kappa shape index (κ1) is 18.1. The molecule has 4 N–H and O–H groups in total. The number of hydrogen-bond donors (Lipinski definition) is 2. The number of benzene rings is 3. The minimum atomic E-state index is -0.0491. The SMILES string of the molecule is Nc1cccc(C2=C3C=NC=C[N+]3(N)C(c3ccc(Oc4ccccc4)cc3)=N2)c1. The Morgan fingerprint density at radius 3 is 2.33 bits per heavy atom. The van der Waals surface area contributed by atoms with E-state index in [1.165, 1.54) is 0 Å². The number of ether oxygens (including phenoxy) is 1. The molecule has 146 valence electrons. The average Bonchev–Trinajstić information content (AvgIpc) is 3.08. The Hall–Kier alpha value is -4.00. The van der Waals surface area contributed by atoms with Gasteiger partial charge in [-0.2, -0.15) is 10.8 Å². The van der Waals surface area contributed by atoms with Gasteiger partial charge in [0.2, 0.25) is 5.70 Å². The van der Waals surface area contributed by atoms with Crippen LogP contribution in [0, 0.1) is 0 Å². The van der Waals surface area contributed by atoms with Crippen LogP contribution in [0.3, 0.4) is 0 Å². The lowest BCUT2D eigenvalue weighted by Gasteiger charge is -2.26. The van der Waals surface area contributed by atoms with E-state index < -0.39 is 0 Å². The number of nitrogen functional groups attached to an aromatic ring is 1. The van der Waals surface area contributed by atoms with Crippen LogP contribution in [0.2, 0.25) is 0 Å². The Morgan fingerprint density at radius 1 is 0.800 bits per heavy atom. The maximum atomic E-state index is 6.78. The minimum absolute atomic E-state index is 0.0491. The molecule has 1 atom stereocenters. The van der Waals surface area contributed by atoms with Gasteiger partial charge < -0.3 is 10.5 Å². The summed E-state index contributed by atoms with van der Waals surface area (Å²) in [5.41, 5.74) is 10.0. The first-order valence-corrected chi connectivity index (χ1v) is 9.55. The highest BCUT2D eigenvalue weighted by molar-refractivity contribution is 6.06. The van der Waals surface area contributed by atoms with Gasteiger partial charge in [-0.3, -0.25) is 4.99 Å². The molecule has 6 heteroatoms. The van der Waals surface area contributed by atoms with Gasteiger partial charge in [0, 0.05) is 11.3 Å². The van der Waals surface area contributed by atoms with Crippen molar-refractivity contribution in [3.63, 3.8) is 0 Å². The number of rotatable bonds is 4. The van der Waals surface area contributed by atoms with E-state index in [1.807, 2.05) is 85.1 Å². The number of hydrogen-bond acceptors (Lipinski definition) is 5. The molecule has 6 nitrogen and oxygen atoms in total. The molecule has 3 aromatic rings. The van der Waals surface area contributed by atoms with Gasteiger partial charge in [-0.1, -0.05) is 30.3 Å². The molecule has 30 heavy (non-hydrogen) atoms. The lowest BCUT2D eigenvalue weighted by atomic mass is 10.1. The van der Waals surface area contributed by atoms with Gasteiger partial charge in [-0.15, -0.1) is 4.59 Å². The fourth-order valence-electron chi connectivity index (χ4n) is 3.57. The Labute approximate surface area is 174 Å². The molecule has 0 saturated heterocycles. The number of nitrogens with zero attached hydrogens (tertiary/aromatic N) is 3. The van der Waals surface area contributed by atoms with Crippen molar-refractivity contribution in [2.24, 2.45) is 15.8 Å². The summed E-state index contributed by atoms with van der Waals surface area (Å²) in [6.07, 6.45) is 5.26. The summed E-state index contributed by atoms with van der Waals surface area (Å²) in [5, 5.41) is 0. The van der Waals surface area contributed by atoms with Gasteiger partial charge in [0.1, 0.15) is 23.4 Å². The van der Waals surface area contributed by atoms with Crippen molar-refractivity contribution in [3.05, 3.63) is 108 Å². The molecule has 0 bridgehead atoms. The fourth-order valence-corrected chi connectivity index (χ4v) is 3.57. The second-order valence-electron chi connectivity index (χ2n) is 7.09. The van der Waals surface area contributed by atoms with Crippen LogP contribution < -0.4 is 16.3 Å². The first-order valence-electron chi connectivity index (χ1n) is 9.55. The highest BCUT2D eigenvalue weighted by Gasteiger charge is 2.44. The summed E-state index contributed by atoms with van der Waals surface area (Å²) in [5.74, 6) is 9.01. The van der Waals surface area contributed by atoms with Crippen molar-refractivity contribution in [1.82, 2.24) is 0 Å². The zero-order valence-corrected chi connectivity index (χ0v) is 16.1. The number of allylic oxidation sites excluding steroid dienone is 1. The Bertz CT molecular complexity index is 1230. The summed E-state index contributed by atoms with van der Waals surface area (Å²) >= 11 is 0. The standard InChI is InChI=1S/C24H20N5O/c25-19-6-4-5-18(15-19)23-22-16-27-13-14-29(22,26)24(28-23)17-9-11-21(12-10-17)30-20-7-2-1-3-8-20/h1-16H,25-26H2/q+1. The Balaban J connectivity index is 1.52. The maximum absolute atomic E-state index is 6.78. The smallest absolute Gasteiger partial charge is 0.265 e. The highest BCUT2D eigenvalue weighted by Crippen LogP contribution is 2.36. The molecular formula is C24H20N5O+. The molecule has 0 aromatic heterocycles. The van der Waals surface area contributed by atoms with Crippen LogP contribution in [-0.2, 0) is 0 Å². The summed E-state index contributed by atoms with van der Waals surface area (Å²) in [6, 6.07) is 25.0. The van der Waals surface area contributed by atoms with E-state index in [1.54, 1.807) is 12.4 Å². The van der Waals surface area contributed by atoms with Crippen molar-refractivity contribution in [2.45, 2.75) is 0 Å². The van der Waals surface area contributed by atoms with Crippen LogP contribution in [0.1, 0.15) is 11.1 Å². The van der Waals surface area contributed by atoms with Crippen LogP contribution in [0.25, 0.3) is 5.70 Å². The van der Waals surface area contributed by atoms with Gasteiger partial charge in [0.05, 0.1) is 18.0 Å². The monoisotopic (exact) mass is 394 g/mol. The van der Waals surface area contributed by atoms with E-state index in [4.69, 9.17) is 21.3 Å². The largest absolute Gasteiger partial charge is 0.457 e. The molecule has 2 aliphatic heterocycles. The summed E-state index contributed by atoms with van der Waals surface area (Å²) < 4.78 is 5.85. The lowest BCUT2D eigenvalue weighted by molar-refractivity contribution is -0.749. The number of nitrogens with two attached hydrogens (primary N) is 2. The molecule has 0 amide bonds. The normalized spacial score (nSPS) is 19.6. The van der Waals surface area contributed by atoms with Crippen molar-refractivity contribution in [3.8, 4) is 11.5 Å². The van der Waals surface area contributed by atoms with Crippen LogP contribution in [0.4, 0.5) is 5.69 Å². The predicted octanol–water partition coefficient (Wildman–Crippen LogP) is 4.44. The van der Waals surface area contributed by atoms with Gasteiger partial charge in [0.25, 0.3) is 5.84 Å². The summed E-state index contributed by atoms with van der Waals surface area (Å²) in [7, 11) is 0. The summed E-state index contributed by atoms with van der Waals surface area (Å²) in [4.78, 5) is 9.17. The molecule has 2 heterocycles. The van der Waals surface area contributed by atoms with Crippen molar-refractivity contribution in [2.75, 3.05) is 5.73 Å². The Morgan fingerprint density at radius 2 is 1.57 bits per heavy atom. The number of quaternary nitrogens is 1. The molecule has 5 rings (SSSR count). The fraction of sp³-hybridized carbons (Fsp3) is 0. The Kier molecular flexibility index (Phi) is 4.28. The van der Waals surface area contributed by atoms with Crippen LogP contribution in [0.15, 0.2) is 107 Å². The average molecular weight is 394 g/mol. The van der Waals surface area contributed by atoms with Gasteiger partial charge in [-0.05, 0) is 48.5 Å². The van der Waals surface area contributed by atoms with Gasteiger partial charge in [0.15, 0.2) is 0 Å². The zero-order chi connectivity index (χ0) is 20.6. The topological polar surface area (TPSA) is 86.0 Å². The molecule has 2 aliphatic rings. The van der Waals surface area contributed by atoms with E-state index in [0.29, 0.717) is 11.5 Å². The van der Waals surface area contributed by atoms with Crippen molar-refractivity contribution >= 4 is 23.4 Å². The number of para-hydroxylation sites is 1. The summed E-state index contributed by atoms with van der Waals surface area (Å²) in [6.45, 7) is 0. The number of amidine groups is 1. The molecular weight excluding hydrogens is 374 g/mol. The molecule has 1 unspecified atom stereocenters. The maximum Gasteiger partial charge on any atom is 0.265 e. The third-order valence-electron chi connectivity index (χ3n) is 5.05. The first-order chi connectivity index (χ1) is 14.6. The van der Waals surface area contributed by atoms with Crippen molar-refractivity contribution in [1.29, 1.82) is 0 Å². The second kappa shape index (κ2) is 7.11. The van der Waals surface area contributed by atoms with Crippen molar-refractivity contribution < 1.29 is 9.33 Å². The molecule has 0 spiro atoms. The van der Waals surface area contributed by atoms with Crippen LogP contribution in [0.5, 0.6) is 11.5 Å². The third-order valence-corrected chi connectivity index (χ3v) is 5.05. The predicted molar refractivity (Wildman–Crippen MR) is 119 cm³/mol. The van der Waals surface area contributed by atoms with E-state index >= 15 is 0 Å². The zero-order valence-electron chi connectivity index (χ0n) is 16.1. The number of fused-ring (bicyclic) bond motifs is 1. The second-order valence-corrected chi connectivity index (χ2v) is 7.09. The van der Waals surface area contributed by atoms with E-state index in [-0.39, 0.29) is 4.59 Å². The van der Waals surface area contributed by atoms with E-state index in [9.17, 15) is 0 Å². The van der Waals surface area contributed by atoms with Gasteiger partial charge in [-0.25, -0.2) is 0 Å². The number of aliphatic imine (C=N–C) groups is 2. The molecule has 0 radical (unpaired) electrons. The van der Waals surface area contributed by atoms with E-state index in [2.05, 4.69) is 4.99 Å². The molecule has 0 saturated carbocycles. The molecule has 0 aliphatic carbocycles. The highest BCUT2D eigenvalue weighted by atomic mass is 16.5. The van der Waals surface area contributed by atoms with Crippen LogP contribution >= 0.6 is 0 Å². The molecule has 0 fully saturated rings.